The quantitative estimate of drug-likeness (QED) is 0.647. The SMILES string of the molecule is CC[C@@H](Nc1cccc(OC)c1)C(=O)NCCCCN1CCCC1. The molecule has 2 N–H and O–H groups in total. The second-order valence-corrected chi connectivity index (χ2v) is 6.38. The Labute approximate surface area is 145 Å². The Bertz CT molecular complexity index is 501. The predicted octanol–water partition coefficient (Wildman–Crippen LogP) is 2.88. The van der Waals surface area contributed by atoms with E-state index in [0.29, 0.717) is 0 Å². The highest BCUT2D eigenvalue weighted by molar-refractivity contribution is 5.84. The van der Waals surface area contributed by atoms with Gasteiger partial charge in [-0.05, 0) is 63.9 Å². The molecule has 1 aliphatic heterocycles. The van der Waals surface area contributed by atoms with Crippen molar-refractivity contribution in [2.45, 2.75) is 45.1 Å². The van der Waals surface area contributed by atoms with Gasteiger partial charge in [0.2, 0.25) is 5.91 Å². The summed E-state index contributed by atoms with van der Waals surface area (Å²) < 4.78 is 5.22. The molecule has 0 aliphatic carbocycles. The Kier molecular flexibility index (Phi) is 7.89. The van der Waals surface area contributed by atoms with Crippen LogP contribution < -0.4 is 15.4 Å². The minimum atomic E-state index is -0.212. The first-order valence-corrected chi connectivity index (χ1v) is 9.13. The average Bonchev–Trinajstić information content (AvgIpc) is 3.12. The number of carbonyl (C=O) groups excluding carboxylic acids is 1. The summed E-state index contributed by atoms with van der Waals surface area (Å²) in [5.74, 6) is 0.860. The highest BCUT2D eigenvalue weighted by atomic mass is 16.5. The maximum atomic E-state index is 12.3. The van der Waals surface area contributed by atoms with Crippen LogP contribution in [0.2, 0.25) is 0 Å². The van der Waals surface area contributed by atoms with Crippen LogP contribution >= 0.6 is 0 Å². The topological polar surface area (TPSA) is 53.6 Å². The Balaban J connectivity index is 1.68. The molecule has 1 aromatic carbocycles. The Morgan fingerprint density at radius 1 is 1.29 bits per heavy atom. The van der Waals surface area contributed by atoms with Crippen molar-refractivity contribution in [1.29, 1.82) is 0 Å². The largest absolute Gasteiger partial charge is 0.497 e. The molecule has 5 heteroatoms. The number of nitrogens with one attached hydrogen (secondary N) is 2. The van der Waals surface area contributed by atoms with Crippen molar-refractivity contribution in [3.8, 4) is 5.75 Å². The molecule has 134 valence electrons. The molecule has 1 fully saturated rings. The fourth-order valence-electron chi connectivity index (χ4n) is 3.07. The Morgan fingerprint density at radius 3 is 2.79 bits per heavy atom. The van der Waals surface area contributed by atoms with Crippen molar-refractivity contribution >= 4 is 11.6 Å². The molecular weight excluding hydrogens is 302 g/mol. The molecule has 0 unspecified atom stereocenters. The zero-order chi connectivity index (χ0) is 17.2. The number of carbonyl (C=O) groups is 1. The first kappa shape index (κ1) is 18.6. The molecule has 0 aromatic heterocycles. The van der Waals surface area contributed by atoms with Gasteiger partial charge in [-0.2, -0.15) is 0 Å². The summed E-state index contributed by atoms with van der Waals surface area (Å²) in [4.78, 5) is 14.9. The molecule has 0 saturated carbocycles. The van der Waals surface area contributed by atoms with E-state index in [1.165, 1.54) is 25.9 Å². The van der Waals surface area contributed by atoms with E-state index < -0.39 is 0 Å². The van der Waals surface area contributed by atoms with Crippen LogP contribution in [0.3, 0.4) is 0 Å². The summed E-state index contributed by atoms with van der Waals surface area (Å²) in [5, 5.41) is 6.35. The van der Waals surface area contributed by atoms with E-state index in [4.69, 9.17) is 4.74 Å². The van der Waals surface area contributed by atoms with Crippen LogP contribution in [0.25, 0.3) is 0 Å². The van der Waals surface area contributed by atoms with Gasteiger partial charge in [-0.25, -0.2) is 0 Å². The highest BCUT2D eigenvalue weighted by Gasteiger charge is 2.16. The van der Waals surface area contributed by atoms with E-state index in [9.17, 15) is 4.79 Å². The highest BCUT2D eigenvalue weighted by Crippen LogP contribution is 2.18. The molecule has 1 heterocycles. The zero-order valence-corrected chi connectivity index (χ0v) is 15.0. The minimum absolute atomic E-state index is 0.0708. The van der Waals surface area contributed by atoms with Crippen molar-refractivity contribution < 1.29 is 9.53 Å². The van der Waals surface area contributed by atoms with Crippen LogP contribution in [0.4, 0.5) is 5.69 Å². The van der Waals surface area contributed by atoms with Crippen LogP contribution in [0.15, 0.2) is 24.3 Å². The fraction of sp³-hybridized carbons (Fsp3) is 0.632. The number of nitrogens with zero attached hydrogens (tertiary/aromatic N) is 1. The predicted molar refractivity (Wildman–Crippen MR) is 98.6 cm³/mol. The summed E-state index contributed by atoms with van der Waals surface area (Å²) in [7, 11) is 1.64. The lowest BCUT2D eigenvalue weighted by Crippen LogP contribution is -2.39. The number of methoxy groups -OCH3 is 1. The third-order valence-corrected chi connectivity index (χ3v) is 4.53. The summed E-state index contributed by atoms with van der Waals surface area (Å²) in [6.07, 6.45) is 5.62. The zero-order valence-electron chi connectivity index (χ0n) is 15.0. The molecule has 24 heavy (non-hydrogen) atoms. The Hall–Kier alpha value is -1.75. The van der Waals surface area contributed by atoms with Crippen molar-refractivity contribution in [3.05, 3.63) is 24.3 Å². The van der Waals surface area contributed by atoms with Crippen molar-refractivity contribution in [2.75, 3.05) is 38.6 Å². The van der Waals surface area contributed by atoms with E-state index in [0.717, 1.165) is 43.8 Å². The molecular formula is C19H31N3O2. The van der Waals surface area contributed by atoms with Gasteiger partial charge in [-0.3, -0.25) is 4.79 Å². The maximum Gasteiger partial charge on any atom is 0.242 e. The van der Waals surface area contributed by atoms with Crippen LogP contribution in [-0.2, 0) is 4.79 Å². The molecule has 1 amide bonds. The minimum Gasteiger partial charge on any atom is -0.497 e. The van der Waals surface area contributed by atoms with Crippen molar-refractivity contribution in [3.63, 3.8) is 0 Å². The lowest BCUT2D eigenvalue weighted by molar-refractivity contribution is -0.121. The molecule has 1 atom stereocenters. The second kappa shape index (κ2) is 10.2. The Morgan fingerprint density at radius 2 is 2.08 bits per heavy atom. The van der Waals surface area contributed by atoms with Gasteiger partial charge in [0.05, 0.1) is 7.11 Å². The molecule has 2 rings (SSSR count). The first-order valence-electron chi connectivity index (χ1n) is 9.13. The number of hydrogen-bond donors (Lipinski definition) is 2. The lowest BCUT2D eigenvalue weighted by Gasteiger charge is -2.19. The summed E-state index contributed by atoms with van der Waals surface area (Å²) in [5.41, 5.74) is 0.908. The van der Waals surface area contributed by atoms with Gasteiger partial charge in [0.25, 0.3) is 0 Å². The smallest absolute Gasteiger partial charge is 0.242 e. The third-order valence-electron chi connectivity index (χ3n) is 4.53. The van der Waals surface area contributed by atoms with E-state index in [2.05, 4.69) is 15.5 Å². The van der Waals surface area contributed by atoms with Crippen LogP contribution in [0, 0.1) is 0 Å². The number of unbranched alkanes of at least 4 members (excludes halogenated alkanes) is 1. The summed E-state index contributed by atoms with van der Waals surface area (Å²) in [6, 6.07) is 7.47. The van der Waals surface area contributed by atoms with Crippen molar-refractivity contribution in [1.82, 2.24) is 10.2 Å². The van der Waals surface area contributed by atoms with Gasteiger partial charge in [0.1, 0.15) is 11.8 Å². The van der Waals surface area contributed by atoms with Crippen LogP contribution in [0.5, 0.6) is 5.75 Å². The van der Waals surface area contributed by atoms with Crippen LogP contribution in [-0.4, -0.2) is 50.1 Å². The molecule has 1 saturated heterocycles. The van der Waals surface area contributed by atoms with Crippen LogP contribution in [0.1, 0.15) is 39.0 Å². The van der Waals surface area contributed by atoms with Crippen molar-refractivity contribution in [2.24, 2.45) is 0 Å². The molecule has 1 aliphatic rings. The van der Waals surface area contributed by atoms with E-state index in [1.54, 1.807) is 7.11 Å². The van der Waals surface area contributed by atoms with Gasteiger partial charge < -0.3 is 20.3 Å². The normalized spacial score (nSPS) is 15.9. The van der Waals surface area contributed by atoms with E-state index in [1.807, 2.05) is 31.2 Å². The average molecular weight is 333 g/mol. The number of anilines is 1. The number of benzene rings is 1. The van der Waals surface area contributed by atoms with Gasteiger partial charge in [-0.1, -0.05) is 13.0 Å². The number of hydrogen-bond acceptors (Lipinski definition) is 4. The molecule has 0 spiro atoms. The van der Waals surface area contributed by atoms with Gasteiger partial charge in [-0.15, -0.1) is 0 Å². The monoisotopic (exact) mass is 333 g/mol. The second-order valence-electron chi connectivity index (χ2n) is 6.38. The number of rotatable bonds is 10. The summed E-state index contributed by atoms with van der Waals surface area (Å²) >= 11 is 0. The van der Waals surface area contributed by atoms with Gasteiger partial charge in [0, 0.05) is 18.3 Å². The fourth-order valence-corrected chi connectivity index (χ4v) is 3.07. The number of ether oxygens (including phenoxy) is 1. The first-order chi connectivity index (χ1) is 11.7. The third kappa shape index (κ3) is 6.04. The van der Waals surface area contributed by atoms with E-state index in [-0.39, 0.29) is 11.9 Å². The molecule has 5 nitrogen and oxygen atoms in total. The van der Waals surface area contributed by atoms with E-state index >= 15 is 0 Å². The van der Waals surface area contributed by atoms with Gasteiger partial charge >= 0.3 is 0 Å². The lowest BCUT2D eigenvalue weighted by atomic mass is 10.2. The standard InChI is InChI=1S/C19H31N3O2/c1-3-18(21-16-9-8-10-17(15-16)24-2)19(23)20-11-4-5-12-22-13-6-7-14-22/h8-10,15,18,21H,3-7,11-14H2,1-2H3,(H,20,23)/t18-/m1/s1. The molecule has 0 radical (unpaired) electrons. The van der Waals surface area contributed by atoms with Gasteiger partial charge in [0.15, 0.2) is 0 Å². The summed E-state index contributed by atoms with van der Waals surface area (Å²) in [6.45, 7) is 6.42. The molecule has 1 aromatic rings. The maximum absolute atomic E-state index is 12.3. The molecule has 0 bridgehead atoms. The number of likely N-dealkylation sites (tertiary alicyclic amines) is 1. The number of amides is 1.